The van der Waals surface area contributed by atoms with E-state index in [2.05, 4.69) is 72.2 Å². The molecule has 0 saturated carbocycles. The third-order valence-electron chi connectivity index (χ3n) is 8.44. The molecule has 0 unspecified atom stereocenters. The number of carbonyl (C=O) groups excluding carboxylic acids is 1. The number of anilines is 1. The molecule has 1 N–H and O–H groups in total. The number of rotatable bonds is 5. The van der Waals surface area contributed by atoms with Crippen molar-refractivity contribution < 1.29 is 9.53 Å². The predicted molar refractivity (Wildman–Crippen MR) is 162 cm³/mol. The number of urea groups is 1. The summed E-state index contributed by atoms with van der Waals surface area (Å²) in [5.41, 5.74) is 4.14. The molecule has 2 aliphatic rings. The van der Waals surface area contributed by atoms with Crippen molar-refractivity contribution in [1.82, 2.24) is 14.7 Å². The van der Waals surface area contributed by atoms with E-state index in [1.165, 1.54) is 5.56 Å². The normalized spacial score (nSPS) is 22.7. The van der Waals surface area contributed by atoms with Crippen LogP contribution >= 0.6 is 0 Å². The van der Waals surface area contributed by atoms with Crippen molar-refractivity contribution in [2.24, 2.45) is 0 Å². The number of methoxy groups -OCH3 is 1. The monoisotopic (exact) mass is 536 g/mol. The molecule has 3 aromatic carbocycles. The Kier molecular flexibility index (Phi) is 8.74. The molecule has 0 aliphatic carbocycles. The second kappa shape index (κ2) is 12.6. The van der Waals surface area contributed by atoms with Gasteiger partial charge in [0.05, 0.1) is 7.11 Å². The number of likely N-dealkylation sites (N-methyl/N-ethyl adjacent to an activating group) is 1. The van der Waals surface area contributed by atoms with Crippen LogP contribution in [0.15, 0.2) is 78.9 Å². The summed E-state index contributed by atoms with van der Waals surface area (Å²) < 4.78 is 5.27. The Labute approximate surface area is 238 Å². The molecule has 2 fully saturated rings. The lowest BCUT2D eigenvalue weighted by Crippen LogP contribution is -2.68. The van der Waals surface area contributed by atoms with Gasteiger partial charge in [-0.3, -0.25) is 4.90 Å². The highest BCUT2D eigenvalue weighted by Gasteiger charge is 2.49. The lowest BCUT2D eigenvalue weighted by Gasteiger charge is -2.58. The van der Waals surface area contributed by atoms with Gasteiger partial charge in [-0.15, -0.1) is 0 Å². The highest BCUT2D eigenvalue weighted by Crippen LogP contribution is 2.43. The number of hydrogen-bond acceptors (Lipinski definition) is 4. The molecule has 208 valence electrons. The van der Waals surface area contributed by atoms with Gasteiger partial charge in [0.25, 0.3) is 0 Å². The Bertz CT molecular complexity index is 1330. The van der Waals surface area contributed by atoms with Gasteiger partial charge in [0.2, 0.25) is 0 Å². The molecule has 4 atom stereocenters. The minimum Gasteiger partial charge on any atom is -0.497 e. The highest BCUT2D eigenvalue weighted by molar-refractivity contribution is 5.89. The van der Waals surface area contributed by atoms with Gasteiger partial charge >= 0.3 is 6.03 Å². The summed E-state index contributed by atoms with van der Waals surface area (Å²) >= 11 is 0. The molecule has 40 heavy (non-hydrogen) atoms. The van der Waals surface area contributed by atoms with E-state index >= 15 is 0 Å². The zero-order valence-electron chi connectivity index (χ0n) is 24.0. The summed E-state index contributed by atoms with van der Waals surface area (Å²) in [7, 11) is 5.87. The van der Waals surface area contributed by atoms with E-state index in [1.807, 2.05) is 59.5 Å². The van der Waals surface area contributed by atoms with Crippen LogP contribution in [0.2, 0.25) is 0 Å². The fraction of sp³-hybridized carbons (Fsp3) is 0.382. The molecule has 2 amide bonds. The SMILES string of the molecule is CC[C@@H]1[C@H](c2ccc(C#Cc3ccccc3)cc2)[C@@H]2CN(C(=O)Nc3ccc(OC)cc3)C[C@@H](N(C)C)CCN12. The minimum absolute atomic E-state index is 0.0518. The molecule has 2 heterocycles. The van der Waals surface area contributed by atoms with Gasteiger partial charge in [0.15, 0.2) is 0 Å². The summed E-state index contributed by atoms with van der Waals surface area (Å²) in [6.07, 6.45) is 2.12. The maximum Gasteiger partial charge on any atom is 0.321 e. The van der Waals surface area contributed by atoms with Crippen LogP contribution in [0.1, 0.15) is 42.4 Å². The molecule has 2 saturated heterocycles. The quantitative estimate of drug-likeness (QED) is 0.437. The van der Waals surface area contributed by atoms with Crippen molar-refractivity contribution in [3.8, 4) is 17.6 Å². The number of ether oxygens (including phenoxy) is 1. The van der Waals surface area contributed by atoms with Crippen molar-refractivity contribution >= 4 is 11.7 Å². The van der Waals surface area contributed by atoms with E-state index in [9.17, 15) is 4.79 Å². The molecule has 2 aliphatic heterocycles. The largest absolute Gasteiger partial charge is 0.497 e. The standard InChI is InChI=1S/C34H40N4O2/c1-5-31-33(27-15-13-26(14-16-27)12-11-25-9-7-6-8-10-25)32-24-37(23-29(36(2)3)21-22-38(31)32)34(39)35-28-17-19-30(40-4)20-18-28/h6-10,13-20,29,31-33H,5,21-24H2,1-4H3,(H,35,39)/t29-,31+,32-,33-/m0/s1. The fourth-order valence-corrected chi connectivity index (χ4v) is 6.16. The molecular weight excluding hydrogens is 496 g/mol. The van der Waals surface area contributed by atoms with Gasteiger partial charge in [-0.1, -0.05) is 49.1 Å². The van der Waals surface area contributed by atoms with E-state index < -0.39 is 0 Å². The maximum atomic E-state index is 13.6. The van der Waals surface area contributed by atoms with Gasteiger partial charge in [-0.25, -0.2) is 4.79 Å². The number of nitrogens with one attached hydrogen (secondary N) is 1. The van der Waals surface area contributed by atoms with Gasteiger partial charge in [0, 0.05) is 60.5 Å². The molecular formula is C34H40N4O2. The van der Waals surface area contributed by atoms with Gasteiger partial charge in [0.1, 0.15) is 5.75 Å². The molecule has 3 aromatic rings. The predicted octanol–water partition coefficient (Wildman–Crippen LogP) is 5.51. The van der Waals surface area contributed by atoms with Crippen LogP contribution in [0.25, 0.3) is 0 Å². The average Bonchev–Trinajstić information content (AvgIpc) is 2.96. The van der Waals surface area contributed by atoms with Crippen LogP contribution in [-0.2, 0) is 0 Å². The van der Waals surface area contributed by atoms with Gasteiger partial charge in [-0.2, -0.15) is 0 Å². The number of fused-ring (bicyclic) bond motifs is 1. The first-order valence-corrected chi connectivity index (χ1v) is 14.3. The van der Waals surface area contributed by atoms with Gasteiger partial charge in [-0.05, 0) is 81.0 Å². The van der Waals surface area contributed by atoms with E-state index in [1.54, 1.807) is 7.11 Å². The van der Waals surface area contributed by atoms with Crippen LogP contribution in [0, 0.1) is 11.8 Å². The number of nitrogens with zero attached hydrogens (tertiary/aromatic N) is 3. The summed E-state index contributed by atoms with van der Waals surface area (Å²) in [6.45, 7) is 4.74. The smallest absolute Gasteiger partial charge is 0.321 e. The summed E-state index contributed by atoms with van der Waals surface area (Å²) in [5.74, 6) is 7.71. The molecule has 6 heteroatoms. The van der Waals surface area contributed by atoms with E-state index in [0.717, 1.165) is 42.0 Å². The second-order valence-corrected chi connectivity index (χ2v) is 11.0. The number of hydrogen-bond donors (Lipinski definition) is 1. The molecule has 0 radical (unpaired) electrons. The third-order valence-corrected chi connectivity index (χ3v) is 8.44. The summed E-state index contributed by atoms with van der Waals surface area (Å²) in [4.78, 5) is 20.5. The van der Waals surface area contributed by atoms with Gasteiger partial charge < -0.3 is 19.9 Å². The zero-order valence-corrected chi connectivity index (χ0v) is 24.0. The van der Waals surface area contributed by atoms with E-state index in [4.69, 9.17) is 4.74 Å². The van der Waals surface area contributed by atoms with E-state index in [0.29, 0.717) is 31.1 Å². The van der Waals surface area contributed by atoms with Crippen molar-refractivity contribution in [1.29, 1.82) is 0 Å². The van der Waals surface area contributed by atoms with Crippen molar-refractivity contribution in [3.05, 3.63) is 95.6 Å². The number of amides is 2. The maximum absolute atomic E-state index is 13.6. The lowest BCUT2D eigenvalue weighted by molar-refractivity contribution is -0.0457. The Morgan fingerprint density at radius 1 is 0.950 bits per heavy atom. The van der Waals surface area contributed by atoms with Crippen LogP contribution in [0.3, 0.4) is 0 Å². The van der Waals surface area contributed by atoms with Crippen molar-refractivity contribution in [2.75, 3.05) is 46.2 Å². The Morgan fingerprint density at radius 2 is 1.62 bits per heavy atom. The third kappa shape index (κ3) is 6.17. The molecule has 6 nitrogen and oxygen atoms in total. The van der Waals surface area contributed by atoms with E-state index in [-0.39, 0.29) is 12.1 Å². The summed E-state index contributed by atoms with van der Waals surface area (Å²) in [5, 5.41) is 3.12. The average molecular weight is 537 g/mol. The first-order valence-electron chi connectivity index (χ1n) is 14.3. The summed E-state index contributed by atoms with van der Waals surface area (Å²) in [6, 6.07) is 27.4. The topological polar surface area (TPSA) is 48.1 Å². The lowest BCUT2D eigenvalue weighted by atomic mass is 9.72. The first-order chi connectivity index (χ1) is 19.5. The van der Waals surface area contributed by atoms with Crippen molar-refractivity contribution in [2.45, 2.75) is 43.8 Å². The fourth-order valence-electron chi connectivity index (χ4n) is 6.16. The molecule has 0 bridgehead atoms. The Hall–Kier alpha value is -3.79. The molecule has 5 rings (SSSR count). The van der Waals surface area contributed by atoms with Crippen molar-refractivity contribution in [3.63, 3.8) is 0 Å². The Balaban J connectivity index is 1.35. The zero-order chi connectivity index (χ0) is 28.1. The highest BCUT2D eigenvalue weighted by atomic mass is 16.5. The first kappa shape index (κ1) is 27.8. The number of benzene rings is 3. The van der Waals surface area contributed by atoms with Crippen LogP contribution < -0.4 is 10.1 Å². The van der Waals surface area contributed by atoms with Crippen LogP contribution in [-0.4, -0.2) is 79.7 Å². The minimum atomic E-state index is -0.0518. The molecule has 0 spiro atoms. The van der Waals surface area contributed by atoms with Crippen LogP contribution in [0.5, 0.6) is 5.75 Å². The number of carbonyl (C=O) groups is 1. The second-order valence-electron chi connectivity index (χ2n) is 11.0. The molecule has 0 aromatic heterocycles. The van der Waals surface area contributed by atoms with Crippen LogP contribution in [0.4, 0.5) is 10.5 Å². The Morgan fingerprint density at radius 3 is 2.25 bits per heavy atom.